The van der Waals surface area contributed by atoms with Crippen LogP contribution in [0.1, 0.15) is 66.0 Å². The van der Waals surface area contributed by atoms with Crippen molar-refractivity contribution in [2.45, 2.75) is 72.1 Å². The van der Waals surface area contributed by atoms with Crippen molar-refractivity contribution in [2.75, 3.05) is 25.6 Å². The Kier molecular flexibility index (Phi) is 18.2. The molecule has 0 aliphatic carbocycles. The first-order valence-corrected chi connectivity index (χ1v) is 15.1. The highest BCUT2D eigenvalue weighted by molar-refractivity contribution is 7.26. The van der Waals surface area contributed by atoms with Crippen LogP contribution in [-0.2, 0) is 49.5 Å². The number of aryl methyl sites for hydroxylation is 3. The van der Waals surface area contributed by atoms with Crippen LogP contribution in [0.2, 0.25) is 0 Å². The van der Waals surface area contributed by atoms with Gasteiger partial charge in [0.2, 0.25) is 9.03 Å². The Morgan fingerprint density at radius 2 is 1.79 bits per heavy atom. The quantitative estimate of drug-likeness (QED) is 0.0968. The van der Waals surface area contributed by atoms with Crippen LogP contribution in [0.5, 0.6) is 5.75 Å². The number of rotatable bonds is 12. The van der Waals surface area contributed by atoms with Crippen LogP contribution in [0.15, 0.2) is 30.5 Å². The van der Waals surface area contributed by atoms with Crippen molar-refractivity contribution in [1.29, 1.82) is 0 Å². The number of aliphatic hydroxyl groups excluding tert-OH is 1. The smallest absolute Gasteiger partial charge is 0.447 e. The average Bonchev–Trinajstić information content (AvgIpc) is 3.78. The summed E-state index contributed by atoms with van der Waals surface area (Å²) < 4.78 is 63.0. The fourth-order valence-electron chi connectivity index (χ4n) is 4.77. The maximum Gasteiger partial charge on any atom is 0.522 e. The number of hydrogen-bond donors (Lipinski definition) is 3. The van der Waals surface area contributed by atoms with E-state index in [2.05, 4.69) is 24.9 Å². The number of nitrogens with zero attached hydrogens (tertiary/aromatic N) is 4. The summed E-state index contributed by atoms with van der Waals surface area (Å²) in [5.41, 5.74) is 1.74. The number of carbonyl (C=O) groups excluding carboxylic acids is 2. The fraction of sp³-hybridized carbons (Fsp3) is 0.517. The first kappa shape index (κ1) is 42.9. The summed E-state index contributed by atoms with van der Waals surface area (Å²) >= 11 is 0. The zero-order valence-electron chi connectivity index (χ0n) is 27.7. The van der Waals surface area contributed by atoms with E-state index in [1.54, 1.807) is 6.07 Å². The Labute approximate surface area is 281 Å². The van der Waals surface area contributed by atoms with E-state index in [4.69, 9.17) is 24.4 Å². The molecule has 0 saturated carbocycles. The molecule has 1 aromatic carbocycles. The van der Waals surface area contributed by atoms with E-state index in [1.165, 1.54) is 42.9 Å². The Bertz CT molecular complexity index is 1440. The van der Waals surface area contributed by atoms with Crippen LogP contribution in [0.25, 0.3) is 0 Å². The fourth-order valence-corrected chi connectivity index (χ4v) is 5.06. The van der Waals surface area contributed by atoms with Crippen LogP contribution < -0.4 is 9.84 Å². The first-order valence-electron chi connectivity index (χ1n) is 14.3. The summed E-state index contributed by atoms with van der Waals surface area (Å²) in [5.74, 6) is -0.563. The predicted octanol–water partition coefficient (Wildman–Crippen LogP) is 5.23. The Morgan fingerprint density at radius 3 is 2.38 bits per heavy atom. The van der Waals surface area contributed by atoms with Gasteiger partial charge in [-0.1, -0.05) is 19.9 Å². The standard InChI is InChI=1S/C24H29F3N5O7P.C4H8O.CH4O.H3P/c1-14-8-15(2)21(18(9-14)38-40-39-35)23(3,4)11-20(33)36-13-32-19(6-7-28-32)29-22(34)17-10-16(30-31(17)5)12-37-24(25,26)27;1-2-4-5-3-1;1-2;/h6-10,35,40H,11-13H2,1-5H3,(H,29,34);1-4H2;2H,1H3;1H3. The van der Waals surface area contributed by atoms with E-state index in [1.807, 2.05) is 33.8 Å². The maximum atomic E-state index is 12.8. The molecule has 2 aromatic heterocycles. The van der Waals surface area contributed by atoms with Crippen molar-refractivity contribution in [1.82, 2.24) is 19.6 Å². The molecule has 4 rings (SSSR count). The molecular formula is C29H44F3N5O9P2. The van der Waals surface area contributed by atoms with Gasteiger partial charge in [-0.25, -0.2) is 9.94 Å². The van der Waals surface area contributed by atoms with Gasteiger partial charge in [-0.05, 0) is 49.9 Å². The third-order valence-electron chi connectivity index (χ3n) is 6.58. The molecule has 270 valence electrons. The van der Waals surface area contributed by atoms with E-state index in [9.17, 15) is 22.8 Å². The molecule has 1 saturated heterocycles. The molecule has 3 aromatic rings. The third-order valence-corrected chi connectivity index (χ3v) is 6.95. The van der Waals surface area contributed by atoms with Crippen molar-refractivity contribution in [3.63, 3.8) is 0 Å². The highest BCUT2D eigenvalue weighted by Gasteiger charge is 2.31. The molecule has 3 heterocycles. The van der Waals surface area contributed by atoms with Crippen molar-refractivity contribution >= 4 is 36.6 Å². The number of benzene rings is 1. The largest absolute Gasteiger partial charge is 0.522 e. The second-order valence-electron chi connectivity index (χ2n) is 10.8. The summed E-state index contributed by atoms with van der Waals surface area (Å²) in [6, 6.07) is 6.37. The number of aliphatic hydroxyl groups is 1. The minimum Gasteiger partial charge on any atom is -0.447 e. The topological polar surface area (TPSA) is 168 Å². The van der Waals surface area contributed by atoms with Gasteiger partial charge in [0.1, 0.15) is 23.9 Å². The SMILES string of the molecule is C1CCOC1.CO.Cc1cc(C)c(C(C)(C)CC(=O)OCn2nccc2NC(=O)c2cc(COC(F)(F)F)nn2C)c(OPOO)c1.P. The number of anilines is 1. The van der Waals surface area contributed by atoms with Gasteiger partial charge in [-0.2, -0.15) is 24.8 Å². The van der Waals surface area contributed by atoms with Gasteiger partial charge < -0.3 is 24.4 Å². The first-order chi connectivity index (χ1) is 22.2. The number of esters is 1. The molecule has 19 heteroatoms. The Balaban J connectivity index is 0.00000129. The number of ether oxygens (including phenoxy) is 3. The minimum absolute atomic E-state index is 0. The Hall–Kier alpha value is -3.17. The maximum absolute atomic E-state index is 12.8. The highest BCUT2D eigenvalue weighted by atomic mass is 31.1. The van der Waals surface area contributed by atoms with Crippen molar-refractivity contribution in [3.8, 4) is 5.75 Å². The molecule has 1 aliphatic heterocycles. The molecule has 0 bridgehead atoms. The van der Waals surface area contributed by atoms with Crippen molar-refractivity contribution in [2.24, 2.45) is 7.05 Å². The Morgan fingerprint density at radius 1 is 1.12 bits per heavy atom. The monoisotopic (exact) mass is 725 g/mol. The molecule has 2 atom stereocenters. The van der Waals surface area contributed by atoms with Crippen molar-refractivity contribution in [3.05, 3.63) is 58.5 Å². The van der Waals surface area contributed by atoms with Crippen LogP contribution in [-0.4, -0.2) is 68.5 Å². The zero-order valence-corrected chi connectivity index (χ0v) is 30.1. The molecule has 48 heavy (non-hydrogen) atoms. The van der Waals surface area contributed by atoms with E-state index in [0.29, 0.717) is 5.75 Å². The molecule has 2 unspecified atom stereocenters. The normalized spacial score (nSPS) is 12.8. The lowest BCUT2D eigenvalue weighted by molar-refractivity contribution is -0.330. The lowest BCUT2D eigenvalue weighted by atomic mass is 9.78. The third kappa shape index (κ3) is 13.7. The highest BCUT2D eigenvalue weighted by Crippen LogP contribution is 2.40. The summed E-state index contributed by atoms with van der Waals surface area (Å²) in [7, 11) is 1.76. The summed E-state index contributed by atoms with van der Waals surface area (Å²) in [6.07, 6.45) is -0.928. The second kappa shape index (κ2) is 20.4. The van der Waals surface area contributed by atoms with E-state index >= 15 is 0 Å². The number of nitrogens with one attached hydrogen (secondary N) is 1. The van der Waals surface area contributed by atoms with Gasteiger partial charge >= 0.3 is 12.3 Å². The van der Waals surface area contributed by atoms with Gasteiger partial charge in [0.15, 0.2) is 6.73 Å². The van der Waals surface area contributed by atoms with Gasteiger partial charge in [0.05, 0.1) is 18.3 Å². The van der Waals surface area contributed by atoms with Crippen LogP contribution in [0.4, 0.5) is 19.0 Å². The van der Waals surface area contributed by atoms with Gasteiger partial charge in [-0.3, -0.25) is 19.0 Å². The average molecular weight is 726 g/mol. The number of aromatic nitrogens is 4. The van der Waals surface area contributed by atoms with Gasteiger partial charge in [-0.15, -0.1) is 13.2 Å². The van der Waals surface area contributed by atoms with Crippen molar-refractivity contribution < 1.29 is 56.5 Å². The van der Waals surface area contributed by atoms with E-state index in [0.717, 1.165) is 41.7 Å². The molecule has 1 aliphatic rings. The molecule has 1 amide bonds. The molecular weight excluding hydrogens is 681 g/mol. The van der Waals surface area contributed by atoms with Crippen LogP contribution >= 0.6 is 18.9 Å². The number of carbonyl (C=O) groups is 2. The van der Waals surface area contributed by atoms with Crippen LogP contribution in [0, 0.1) is 13.8 Å². The zero-order chi connectivity index (χ0) is 35.2. The summed E-state index contributed by atoms with van der Waals surface area (Å²) in [6.45, 7) is 8.32. The number of alkyl halides is 3. The minimum atomic E-state index is -4.83. The van der Waals surface area contributed by atoms with Gasteiger partial charge in [0, 0.05) is 44.4 Å². The number of amides is 1. The second-order valence-corrected chi connectivity index (χ2v) is 11.4. The lowest BCUT2D eigenvalue weighted by Crippen LogP contribution is -2.26. The molecule has 3 N–H and O–H groups in total. The van der Waals surface area contributed by atoms with E-state index in [-0.39, 0.29) is 40.3 Å². The number of hydrogen-bond acceptors (Lipinski definition) is 11. The molecule has 14 nitrogen and oxygen atoms in total. The molecule has 0 spiro atoms. The molecule has 1 fully saturated rings. The van der Waals surface area contributed by atoms with Crippen LogP contribution in [0.3, 0.4) is 0 Å². The van der Waals surface area contributed by atoms with E-state index < -0.39 is 39.3 Å². The predicted molar refractivity (Wildman–Crippen MR) is 176 cm³/mol. The summed E-state index contributed by atoms with van der Waals surface area (Å²) in [5, 5.41) is 26.2. The lowest BCUT2D eigenvalue weighted by Gasteiger charge is -2.28. The molecule has 0 radical (unpaired) electrons. The summed E-state index contributed by atoms with van der Waals surface area (Å²) in [4.78, 5) is 25.5. The van der Waals surface area contributed by atoms with Gasteiger partial charge in [0.25, 0.3) is 5.91 Å². The number of halogens is 3.